The largest absolute Gasteiger partial charge is 0.497 e. The fourth-order valence-electron chi connectivity index (χ4n) is 4.04. The molecule has 8 nitrogen and oxygen atoms in total. The van der Waals surface area contributed by atoms with Crippen LogP contribution in [0.2, 0.25) is 0 Å². The van der Waals surface area contributed by atoms with Gasteiger partial charge in [-0.15, -0.1) is 0 Å². The van der Waals surface area contributed by atoms with Crippen molar-refractivity contribution in [3.8, 4) is 17.2 Å². The maximum Gasteiger partial charge on any atom is 0.232 e. The zero-order valence-corrected chi connectivity index (χ0v) is 20.6. The smallest absolute Gasteiger partial charge is 0.232 e. The fourth-order valence-corrected chi connectivity index (χ4v) is 5.01. The number of benzene rings is 2. The van der Waals surface area contributed by atoms with Crippen LogP contribution in [0.5, 0.6) is 17.2 Å². The van der Waals surface area contributed by atoms with Crippen LogP contribution in [0.25, 0.3) is 0 Å². The Labute approximate surface area is 195 Å². The van der Waals surface area contributed by atoms with Crippen molar-refractivity contribution >= 4 is 21.6 Å². The van der Waals surface area contributed by atoms with Gasteiger partial charge in [0.15, 0.2) is 0 Å². The number of methoxy groups -OCH3 is 2. The van der Waals surface area contributed by atoms with E-state index in [9.17, 15) is 13.2 Å². The highest BCUT2D eigenvalue weighted by atomic mass is 32.2. The Morgan fingerprint density at radius 3 is 2.58 bits per heavy atom. The van der Waals surface area contributed by atoms with E-state index >= 15 is 0 Å². The molecule has 9 heteroatoms. The number of amides is 1. The second-order valence-electron chi connectivity index (χ2n) is 8.70. The lowest BCUT2D eigenvalue weighted by molar-refractivity contribution is -0.122. The van der Waals surface area contributed by atoms with Gasteiger partial charge < -0.3 is 19.5 Å². The molecule has 1 heterocycles. The van der Waals surface area contributed by atoms with Gasteiger partial charge in [-0.2, -0.15) is 0 Å². The van der Waals surface area contributed by atoms with Crippen LogP contribution >= 0.6 is 0 Å². The van der Waals surface area contributed by atoms with Gasteiger partial charge in [-0.1, -0.05) is 12.1 Å². The number of ether oxygens (including phenoxy) is 3. The van der Waals surface area contributed by atoms with Gasteiger partial charge in [0.2, 0.25) is 15.9 Å². The maximum atomic E-state index is 12.8. The Morgan fingerprint density at radius 1 is 1.18 bits per heavy atom. The van der Waals surface area contributed by atoms with Crippen LogP contribution in [0.15, 0.2) is 42.5 Å². The van der Waals surface area contributed by atoms with Crippen molar-refractivity contribution in [2.45, 2.75) is 44.8 Å². The Morgan fingerprint density at radius 2 is 1.91 bits per heavy atom. The van der Waals surface area contributed by atoms with Crippen molar-refractivity contribution in [3.05, 3.63) is 48.0 Å². The van der Waals surface area contributed by atoms with E-state index in [-0.39, 0.29) is 24.9 Å². The number of nitrogens with zero attached hydrogens (tertiary/aromatic N) is 1. The van der Waals surface area contributed by atoms with Crippen LogP contribution in [0.3, 0.4) is 0 Å². The first-order valence-electron chi connectivity index (χ1n) is 10.8. The monoisotopic (exact) mass is 476 g/mol. The van der Waals surface area contributed by atoms with E-state index in [2.05, 4.69) is 5.32 Å². The van der Waals surface area contributed by atoms with E-state index in [4.69, 9.17) is 14.2 Å². The molecule has 0 bridgehead atoms. The summed E-state index contributed by atoms with van der Waals surface area (Å²) in [5.41, 5.74) is 0.904. The minimum atomic E-state index is -3.54. The Hall–Kier alpha value is -2.94. The molecular weight excluding hydrogens is 444 g/mol. The molecule has 1 amide bonds. The molecule has 0 unspecified atom stereocenters. The zero-order valence-electron chi connectivity index (χ0n) is 19.8. The minimum absolute atomic E-state index is 0.145. The van der Waals surface area contributed by atoms with Gasteiger partial charge in [0.25, 0.3) is 0 Å². The molecule has 2 aromatic carbocycles. The highest BCUT2D eigenvalue weighted by Gasteiger charge is 2.34. The number of carbonyl (C=O) groups excluding carboxylic acids is 1. The molecule has 1 N–H and O–H groups in total. The number of nitrogens with one attached hydrogen (secondary N) is 1. The second kappa shape index (κ2) is 9.91. The van der Waals surface area contributed by atoms with Crippen molar-refractivity contribution in [1.82, 2.24) is 5.32 Å². The molecule has 0 saturated heterocycles. The van der Waals surface area contributed by atoms with Crippen LogP contribution < -0.4 is 23.8 Å². The summed E-state index contributed by atoms with van der Waals surface area (Å²) in [4.78, 5) is 12.8. The predicted octanol–water partition coefficient (Wildman–Crippen LogP) is 3.67. The van der Waals surface area contributed by atoms with Crippen molar-refractivity contribution < 1.29 is 27.4 Å². The highest BCUT2D eigenvalue weighted by Crippen LogP contribution is 2.41. The Balaban J connectivity index is 1.67. The van der Waals surface area contributed by atoms with E-state index < -0.39 is 15.6 Å². The van der Waals surface area contributed by atoms with E-state index in [0.717, 1.165) is 11.8 Å². The summed E-state index contributed by atoms with van der Waals surface area (Å²) in [5, 5.41) is 3.09. The maximum absolute atomic E-state index is 12.8. The third-order valence-electron chi connectivity index (χ3n) is 5.53. The average Bonchev–Trinajstić information content (AvgIpc) is 2.74. The average molecular weight is 477 g/mol. The molecule has 0 aromatic heterocycles. The van der Waals surface area contributed by atoms with Gasteiger partial charge in [-0.05, 0) is 44.5 Å². The number of hydrogen-bond donors (Lipinski definition) is 1. The Bertz CT molecular complexity index is 1100. The molecule has 33 heavy (non-hydrogen) atoms. The normalized spacial score (nSPS) is 16.8. The van der Waals surface area contributed by atoms with Crippen molar-refractivity contribution in [1.29, 1.82) is 0 Å². The fraction of sp³-hybridized carbons (Fsp3) is 0.458. The number of hydrogen-bond acceptors (Lipinski definition) is 6. The van der Waals surface area contributed by atoms with Crippen molar-refractivity contribution in [2.75, 3.05) is 31.3 Å². The van der Waals surface area contributed by atoms with E-state index in [1.807, 2.05) is 32.0 Å². The summed E-state index contributed by atoms with van der Waals surface area (Å²) in [6, 6.07) is 12.3. The molecule has 180 valence electrons. The van der Waals surface area contributed by atoms with E-state index in [1.54, 1.807) is 31.4 Å². The molecule has 0 saturated carbocycles. The number of carbonyl (C=O) groups is 1. The molecule has 1 atom stereocenters. The van der Waals surface area contributed by atoms with E-state index in [1.165, 1.54) is 11.4 Å². The van der Waals surface area contributed by atoms with Gasteiger partial charge in [-0.3, -0.25) is 9.10 Å². The first kappa shape index (κ1) is 24.7. The predicted molar refractivity (Wildman–Crippen MR) is 128 cm³/mol. The number of sulfonamides is 1. The first-order chi connectivity index (χ1) is 15.5. The molecule has 0 aliphatic carbocycles. The van der Waals surface area contributed by atoms with Gasteiger partial charge in [0.1, 0.15) is 22.8 Å². The summed E-state index contributed by atoms with van der Waals surface area (Å²) < 4.78 is 42.8. The summed E-state index contributed by atoms with van der Waals surface area (Å²) >= 11 is 0. The number of rotatable bonds is 9. The third kappa shape index (κ3) is 6.10. The van der Waals surface area contributed by atoms with Crippen LogP contribution in [0, 0.1) is 0 Å². The van der Waals surface area contributed by atoms with Gasteiger partial charge >= 0.3 is 0 Å². The van der Waals surface area contributed by atoms with Crippen LogP contribution in [-0.4, -0.2) is 46.9 Å². The first-order valence-corrected chi connectivity index (χ1v) is 12.7. The molecule has 1 aliphatic heterocycles. The van der Waals surface area contributed by atoms with Crippen LogP contribution in [0.4, 0.5) is 5.69 Å². The minimum Gasteiger partial charge on any atom is -0.497 e. The topological polar surface area (TPSA) is 94.2 Å². The highest BCUT2D eigenvalue weighted by molar-refractivity contribution is 7.92. The summed E-state index contributed by atoms with van der Waals surface area (Å²) in [5.74, 6) is 1.70. The molecular formula is C24H32N2O6S. The summed E-state index contributed by atoms with van der Waals surface area (Å²) in [6.07, 6.45) is 2.31. The van der Waals surface area contributed by atoms with Crippen molar-refractivity contribution in [2.24, 2.45) is 0 Å². The van der Waals surface area contributed by atoms with Gasteiger partial charge in [-0.25, -0.2) is 8.42 Å². The summed E-state index contributed by atoms with van der Waals surface area (Å²) in [7, 11) is -0.452. The lowest BCUT2D eigenvalue weighted by atomic mass is 9.89. The number of anilines is 1. The zero-order chi connectivity index (χ0) is 24.2. The molecule has 2 aromatic rings. The lowest BCUT2D eigenvalue weighted by Gasteiger charge is -2.38. The molecule has 3 rings (SSSR count). The summed E-state index contributed by atoms with van der Waals surface area (Å²) in [6.45, 7) is 4.12. The van der Waals surface area contributed by atoms with Crippen molar-refractivity contribution in [3.63, 3.8) is 0 Å². The molecule has 0 fully saturated rings. The SMILES string of the molecule is COc1ccc2c(c1)OC(C)(C)C[C@H]2NC(=O)CCCN(c1ccccc1OC)S(C)(=O)=O. The third-order valence-corrected chi connectivity index (χ3v) is 6.71. The Kier molecular flexibility index (Phi) is 7.41. The standard InChI is InChI=1S/C24H32N2O6S/c1-24(2)16-19(18-13-12-17(30-3)15-22(18)32-24)25-23(27)11-8-14-26(33(5,28)29)20-9-6-7-10-21(20)31-4/h6-7,9-10,12-13,15,19H,8,11,14,16H2,1-5H3,(H,25,27)/t19-/m1/s1. The van der Waals surface area contributed by atoms with Gasteiger partial charge in [0.05, 0.1) is 32.2 Å². The van der Waals surface area contributed by atoms with Crippen LogP contribution in [-0.2, 0) is 14.8 Å². The second-order valence-corrected chi connectivity index (χ2v) is 10.6. The number of para-hydroxylation sites is 2. The quantitative estimate of drug-likeness (QED) is 0.594. The lowest BCUT2D eigenvalue weighted by Crippen LogP contribution is -2.41. The van der Waals surface area contributed by atoms with Gasteiger partial charge in [0, 0.05) is 31.0 Å². The molecule has 1 aliphatic rings. The van der Waals surface area contributed by atoms with Crippen LogP contribution in [0.1, 0.15) is 44.7 Å². The van der Waals surface area contributed by atoms with E-state index in [0.29, 0.717) is 35.8 Å². The number of fused-ring (bicyclic) bond motifs is 1. The molecule has 0 radical (unpaired) electrons. The molecule has 0 spiro atoms.